The van der Waals surface area contributed by atoms with E-state index in [0.717, 1.165) is 31.7 Å². The lowest BCUT2D eigenvalue weighted by molar-refractivity contribution is 0.0793. The summed E-state index contributed by atoms with van der Waals surface area (Å²) in [5.41, 5.74) is 1.59. The first-order chi connectivity index (χ1) is 14.4. The van der Waals surface area contributed by atoms with Crippen LogP contribution in [0.3, 0.4) is 0 Å². The van der Waals surface area contributed by atoms with Crippen LogP contribution in [-0.2, 0) is 0 Å². The number of likely N-dealkylation sites (tertiary alicyclic amines) is 1. The Morgan fingerprint density at radius 3 is 2.40 bits per heavy atom. The highest BCUT2D eigenvalue weighted by molar-refractivity contribution is 7.80. The van der Waals surface area contributed by atoms with Gasteiger partial charge in [-0.25, -0.2) is 0 Å². The molecule has 1 saturated heterocycles. The molecule has 0 spiro atoms. The van der Waals surface area contributed by atoms with Gasteiger partial charge in [-0.15, -0.1) is 0 Å². The molecule has 0 atom stereocenters. The summed E-state index contributed by atoms with van der Waals surface area (Å²) in [7, 11) is 0. The number of carbonyl (C=O) groups excluding carboxylic acids is 2. The van der Waals surface area contributed by atoms with E-state index >= 15 is 0 Å². The monoisotopic (exact) mass is 425 g/mol. The van der Waals surface area contributed by atoms with Crippen molar-refractivity contribution in [1.82, 2.24) is 10.2 Å². The van der Waals surface area contributed by atoms with E-state index < -0.39 is 0 Å². The molecule has 2 aromatic rings. The van der Waals surface area contributed by atoms with Crippen molar-refractivity contribution < 1.29 is 14.3 Å². The van der Waals surface area contributed by atoms with Gasteiger partial charge >= 0.3 is 0 Å². The molecular formula is C23H27N3O3S. The SMILES string of the molecule is CC(C)COc1ccc(C(=O)NC(=S)Nc2ccccc2C(=O)N2CCCC2)cc1. The topological polar surface area (TPSA) is 70.7 Å². The molecule has 1 fully saturated rings. The van der Waals surface area contributed by atoms with Gasteiger partial charge in [-0.2, -0.15) is 0 Å². The third-order valence-corrected chi connectivity index (χ3v) is 4.93. The van der Waals surface area contributed by atoms with Crippen molar-refractivity contribution in [2.75, 3.05) is 25.0 Å². The van der Waals surface area contributed by atoms with Crippen LogP contribution >= 0.6 is 12.2 Å². The molecule has 0 aromatic heterocycles. The molecular weight excluding hydrogens is 398 g/mol. The van der Waals surface area contributed by atoms with Crippen LogP contribution in [0, 0.1) is 5.92 Å². The maximum Gasteiger partial charge on any atom is 0.257 e. The van der Waals surface area contributed by atoms with Crippen LogP contribution in [0.25, 0.3) is 0 Å². The maximum absolute atomic E-state index is 12.8. The average Bonchev–Trinajstić information content (AvgIpc) is 3.27. The van der Waals surface area contributed by atoms with Crippen molar-refractivity contribution in [2.24, 2.45) is 5.92 Å². The number of nitrogens with one attached hydrogen (secondary N) is 2. The second-order valence-corrected chi connectivity index (χ2v) is 8.09. The zero-order chi connectivity index (χ0) is 21.5. The molecule has 1 heterocycles. The molecule has 0 bridgehead atoms. The molecule has 0 radical (unpaired) electrons. The Bertz CT molecular complexity index is 906. The predicted molar refractivity (Wildman–Crippen MR) is 122 cm³/mol. The summed E-state index contributed by atoms with van der Waals surface area (Å²) in [6, 6.07) is 14.1. The van der Waals surface area contributed by atoms with E-state index in [9.17, 15) is 9.59 Å². The van der Waals surface area contributed by atoms with Gasteiger partial charge in [-0.1, -0.05) is 26.0 Å². The number of hydrogen-bond donors (Lipinski definition) is 2. The van der Waals surface area contributed by atoms with Gasteiger partial charge in [0.2, 0.25) is 0 Å². The van der Waals surface area contributed by atoms with Crippen LogP contribution in [-0.4, -0.2) is 41.5 Å². The molecule has 2 amide bonds. The van der Waals surface area contributed by atoms with Gasteiger partial charge < -0.3 is 15.0 Å². The third-order valence-electron chi connectivity index (χ3n) is 4.73. The number of benzene rings is 2. The number of nitrogens with zero attached hydrogens (tertiary/aromatic N) is 1. The minimum absolute atomic E-state index is 0.0262. The van der Waals surface area contributed by atoms with Crippen molar-refractivity contribution in [3.05, 3.63) is 59.7 Å². The molecule has 0 aliphatic carbocycles. The second-order valence-electron chi connectivity index (χ2n) is 7.68. The molecule has 6 nitrogen and oxygen atoms in total. The summed E-state index contributed by atoms with van der Waals surface area (Å²) < 4.78 is 5.63. The Balaban J connectivity index is 1.60. The number of hydrogen-bond acceptors (Lipinski definition) is 4. The van der Waals surface area contributed by atoms with E-state index in [0.29, 0.717) is 29.3 Å². The Kier molecular flexibility index (Phi) is 7.41. The fourth-order valence-electron chi connectivity index (χ4n) is 3.16. The lowest BCUT2D eigenvalue weighted by Gasteiger charge is -2.18. The lowest BCUT2D eigenvalue weighted by Crippen LogP contribution is -2.35. The van der Waals surface area contributed by atoms with Crippen LogP contribution in [0.2, 0.25) is 0 Å². The molecule has 158 valence electrons. The molecule has 0 unspecified atom stereocenters. The molecule has 1 aliphatic heterocycles. The normalized spacial score (nSPS) is 13.2. The standard InChI is InChI=1S/C23H27N3O3S/c1-16(2)15-29-18-11-9-17(10-12-18)21(27)25-23(30)24-20-8-4-3-7-19(20)22(28)26-13-5-6-14-26/h3-4,7-12,16H,5-6,13-15H2,1-2H3,(H2,24,25,27,30). The number of rotatable bonds is 6. The van der Waals surface area contributed by atoms with Crippen LogP contribution in [0.15, 0.2) is 48.5 Å². The maximum atomic E-state index is 12.8. The van der Waals surface area contributed by atoms with Crippen molar-refractivity contribution in [3.63, 3.8) is 0 Å². The van der Waals surface area contributed by atoms with Gasteiger partial charge in [0.15, 0.2) is 5.11 Å². The second kappa shape index (κ2) is 10.2. The smallest absolute Gasteiger partial charge is 0.257 e. The lowest BCUT2D eigenvalue weighted by atomic mass is 10.1. The Labute approximate surface area is 182 Å². The van der Waals surface area contributed by atoms with Crippen LogP contribution in [0.4, 0.5) is 5.69 Å². The van der Waals surface area contributed by atoms with E-state index in [2.05, 4.69) is 24.5 Å². The van der Waals surface area contributed by atoms with Gasteiger partial charge in [-0.3, -0.25) is 14.9 Å². The average molecular weight is 426 g/mol. The highest BCUT2D eigenvalue weighted by Gasteiger charge is 2.22. The fourth-order valence-corrected chi connectivity index (χ4v) is 3.37. The first kappa shape index (κ1) is 21.8. The summed E-state index contributed by atoms with van der Waals surface area (Å²) in [6.07, 6.45) is 2.05. The van der Waals surface area contributed by atoms with E-state index in [1.807, 2.05) is 17.0 Å². The Hall–Kier alpha value is -2.93. The summed E-state index contributed by atoms with van der Waals surface area (Å²) in [5.74, 6) is 0.792. The molecule has 0 saturated carbocycles. The number of anilines is 1. The van der Waals surface area contributed by atoms with E-state index in [-0.39, 0.29) is 16.9 Å². The first-order valence-electron chi connectivity index (χ1n) is 10.2. The third kappa shape index (κ3) is 5.79. The van der Waals surface area contributed by atoms with E-state index in [4.69, 9.17) is 17.0 Å². The predicted octanol–water partition coefficient (Wildman–Crippen LogP) is 4.08. The number of carbonyl (C=O) groups is 2. The van der Waals surface area contributed by atoms with E-state index in [1.165, 1.54) is 0 Å². The molecule has 30 heavy (non-hydrogen) atoms. The first-order valence-corrected chi connectivity index (χ1v) is 10.6. The van der Waals surface area contributed by atoms with Crippen LogP contribution in [0.1, 0.15) is 47.4 Å². The highest BCUT2D eigenvalue weighted by Crippen LogP contribution is 2.20. The summed E-state index contributed by atoms with van der Waals surface area (Å²) in [4.78, 5) is 27.1. The van der Waals surface area contributed by atoms with Gasteiger partial charge in [0.1, 0.15) is 5.75 Å². The molecule has 2 N–H and O–H groups in total. The molecule has 7 heteroatoms. The van der Waals surface area contributed by atoms with Crippen molar-refractivity contribution in [3.8, 4) is 5.75 Å². The van der Waals surface area contributed by atoms with Crippen molar-refractivity contribution in [2.45, 2.75) is 26.7 Å². The number of para-hydroxylation sites is 1. The Morgan fingerprint density at radius 2 is 1.73 bits per heavy atom. The van der Waals surface area contributed by atoms with Crippen LogP contribution < -0.4 is 15.4 Å². The number of ether oxygens (including phenoxy) is 1. The zero-order valence-electron chi connectivity index (χ0n) is 17.3. The quantitative estimate of drug-likeness (QED) is 0.683. The summed E-state index contributed by atoms with van der Waals surface area (Å²) in [5, 5.41) is 5.79. The molecule has 1 aliphatic rings. The largest absolute Gasteiger partial charge is 0.493 e. The van der Waals surface area contributed by atoms with Crippen molar-refractivity contribution >= 4 is 34.8 Å². The van der Waals surface area contributed by atoms with Gasteiger partial charge in [0.05, 0.1) is 17.9 Å². The highest BCUT2D eigenvalue weighted by atomic mass is 32.1. The minimum Gasteiger partial charge on any atom is -0.493 e. The molecule has 2 aromatic carbocycles. The molecule has 3 rings (SSSR count). The minimum atomic E-state index is -0.328. The van der Waals surface area contributed by atoms with Gasteiger partial charge in [-0.05, 0) is 67.4 Å². The summed E-state index contributed by atoms with van der Waals surface area (Å²) in [6.45, 7) is 6.31. The Morgan fingerprint density at radius 1 is 1.07 bits per heavy atom. The number of thiocarbonyl (C=S) groups is 1. The van der Waals surface area contributed by atoms with Crippen LogP contribution in [0.5, 0.6) is 5.75 Å². The van der Waals surface area contributed by atoms with Gasteiger partial charge in [0.25, 0.3) is 11.8 Å². The fraction of sp³-hybridized carbons (Fsp3) is 0.348. The number of amides is 2. The summed E-state index contributed by atoms with van der Waals surface area (Å²) >= 11 is 5.30. The zero-order valence-corrected chi connectivity index (χ0v) is 18.1. The van der Waals surface area contributed by atoms with Crippen molar-refractivity contribution in [1.29, 1.82) is 0 Å². The van der Waals surface area contributed by atoms with Gasteiger partial charge in [0, 0.05) is 18.7 Å². The van der Waals surface area contributed by atoms with E-state index in [1.54, 1.807) is 36.4 Å².